The minimum Gasteiger partial charge on any atom is -0.464 e. The molecule has 0 aliphatic carbocycles. The minimum absolute atomic E-state index is 0.0856. The highest BCUT2D eigenvalue weighted by atomic mass is 31.3. The molecule has 18 nitrogen and oxygen atoms in total. The number of aromatic nitrogens is 3. The predicted molar refractivity (Wildman–Crippen MR) is 115 cm³/mol. The Morgan fingerprint density at radius 3 is 2.42 bits per heavy atom. The van der Waals surface area contributed by atoms with Gasteiger partial charge in [-0.05, 0) is 12.1 Å². The van der Waals surface area contributed by atoms with E-state index >= 15 is 0 Å². The Morgan fingerprint density at radius 1 is 1.06 bits per heavy atom. The normalized spacial score (nSPS) is 26.2. The SMILES string of the molecule is Nc1ncnc2c1c(-c1ccco1)cn2[C@@H]1O[C@H](COP(=O)(O)OP(=O)(O)OP(=O)(O)O)[C@@H](O)[C@H]1O. The van der Waals surface area contributed by atoms with E-state index in [0.717, 1.165) is 6.33 Å². The number of ether oxygens (including phenoxy) is 1. The van der Waals surface area contributed by atoms with Gasteiger partial charge in [-0.1, -0.05) is 0 Å². The van der Waals surface area contributed by atoms with Crippen LogP contribution in [0.15, 0.2) is 35.3 Å². The summed E-state index contributed by atoms with van der Waals surface area (Å²) in [5.41, 5.74) is 6.63. The summed E-state index contributed by atoms with van der Waals surface area (Å²) < 4.78 is 58.2. The van der Waals surface area contributed by atoms with Crippen LogP contribution in [0.2, 0.25) is 0 Å². The van der Waals surface area contributed by atoms with Crippen LogP contribution in [-0.2, 0) is 31.6 Å². The van der Waals surface area contributed by atoms with Crippen molar-refractivity contribution in [3.05, 3.63) is 30.9 Å². The monoisotopic (exact) mass is 572 g/mol. The molecule has 4 heterocycles. The number of nitrogen functional groups attached to an aromatic ring is 1. The Morgan fingerprint density at radius 2 is 1.78 bits per heavy atom. The molecule has 2 unspecified atom stereocenters. The summed E-state index contributed by atoms with van der Waals surface area (Å²) in [4.78, 5) is 44.1. The summed E-state index contributed by atoms with van der Waals surface area (Å²) in [5.74, 6) is 0.472. The maximum Gasteiger partial charge on any atom is 0.490 e. The smallest absolute Gasteiger partial charge is 0.464 e. The summed E-state index contributed by atoms with van der Waals surface area (Å²) >= 11 is 0. The summed E-state index contributed by atoms with van der Waals surface area (Å²) in [5, 5.41) is 21.3. The van der Waals surface area contributed by atoms with Crippen molar-refractivity contribution in [3.8, 4) is 11.3 Å². The number of phosphoric acid groups is 3. The number of hydrogen-bond acceptors (Lipinski definition) is 13. The lowest BCUT2D eigenvalue weighted by Crippen LogP contribution is -2.33. The Bertz CT molecular complexity index is 1390. The van der Waals surface area contributed by atoms with E-state index in [1.54, 1.807) is 12.1 Å². The first kappa shape index (κ1) is 27.0. The number of anilines is 1. The summed E-state index contributed by atoms with van der Waals surface area (Å²) in [6.07, 6.45) is -2.10. The predicted octanol–water partition coefficient (Wildman–Crippen LogP) is 0.236. The van der Waals surface area contributed by atoms with E-state index in [4.69, 9.17) is 24.7 Å². The second-order valence-corrected chi connectivity index (χ2v) is 11.7. The molecule has 0 spiro atoms. The third kappa shape index (κ3) is 5.77. The molecule has 1 aliphatic rings. The highest BCUT2D eigenvalue weighted by molar-refractivity contribution is 7.66. The first-order valence-corrected chi connectivity index (χ1v) is 14.1. The van der Waals surface area contributed by atoms with Crippen LogP contribution in [0.3, 0.4) is 0 Å². The Balaban J connectivity index is 1.54. The van der Waals surface area contributed by atoms with Crippen molar-refractivity contribution >= 4 is 40.3 Å². The molecule has 1 aliphatic heterocycles. The van der Waals surface area contributed by atoms with Crippen molar-refractivity contribution in [2.45, 2.75) is 24.5 Å². The van der Waals surface area contributed by atoms with Gasteiger partial charge in [-0.15, -0.1) is 0 Å². The van der Waals surface area contributed by atoms with E-state index in [0.29, 0.717) is 16.7 Å². The van der Waals surface area contributed by atoms with Crippen LogP contribution in [0.25, 0.3) is 22.4 Å². The van der Waals surface area contributed by atoms with Gasteiger partial charge in [0.15, 0.2) is 6.23 Å². The summed E-state index contributed by atoms with van der Waals surface area (Å²) in [6.45, 7) is -0.972. The zero-order chi connectivity index (χ0) is 26.5. The Hall–Kier alpha value is -2.01. The molecule has 3 aromatic heterocycles. The van der Waals surface area contributed by atoms with Crippen LogP contribution in [0.1, 0.15) is 6.23 Å². The number of nitrogens with two attached hydrogens (primary N) is 1. The molecule has 3 aromatic rings. The molecular formula is C15H19N4O14P3. The molecule has 8 N–H and O–H groups in total. The van der Waals surface area contributed by atoms with Gasteiger partial charge < -0.3 is 49.2 Å². The molecule has 6 atom stereocenters. The number of aliphatic hydroxyl groups excluding tert-OH is 2. The van der Waals surface area contributed by atoms with Crippen LogP contribution >= 0.6 is 23.5 Å². The maximum absolute atomic E-state index is 12.0. The van der Waals surface area contributed by atoms with Gasteiger partial charge in [-0.2, -0.15) is 8.62 Å². The quantitative estimate of drug-likeness (QED) is 0.169. The van der Waals surface area contributed by atoms with E-state index in [2.05, 4.69) is 23.1 Å². The average Bonchev–Trinajstić information content (AvgIpc) is 3.44. The van der Waals surface area contributed by atoms with Gasteiger partial charge in [0, 0.05) is 11.8 Å². The van der Waals surface area contributed by atoms with Gasteiger partial charge in [0.2, 0.25) is 0 Å². The van der Waals surface area contributed by atoms with Gasteiger partial charge in [-0.25, -0.2) is 23.7 Å². The van der Waals surface area contributed by atoms with Crippen molar-refractivity contribution < 1.29 is 65.8 Å². The lowest BCUT2D eigenvalue weighted by atomic mass is 10.1. The highest BCUT2D eigenvalue weighted by Gasteiger charge is 2.47. The van der Waals surface area contributed by atoms with Crippen LogP contribution in [-0.4, -0.2) is 69.2 Å². The van der Waals surface area contributed by atoms with Crippen molar-refractivity contribution in [2.75, 3.05) is 12.3 Å². The molecule has 21 heteroatoms. The van der Waals surface area contributed by atoms with Gasteiger partial charge in [0.05, 0.1) is 18.3 Å². The van der Waals surface area contributed by atoms with E-state index < -0.39 is 54.6 Å². The van der Waals surface area contributed by atoms with E-state index in [1.807, 2.05) is 0 Å². The van der Waals surface area contributed by atoms with E-state index in [9.17, 15) is 33.7 Å². The number of aliphatic hydroxyl groups is 2. The summed E-state index contributed by atoms with van der Waals surface area (Å²) in [7, 11) is -16.8. The zero-order valence-electron chi connectivity index (χ0n) is 17.6. The molecule has 0 radical (unpaired) electrons. The average molecular weight is 572 g/mol. The molecule has 0 amide bonds. The number of rotatable bonds is 9. The number of nitrogens with zero attached hydrogens (tertiary/aromatic N) is 3. The molecular weight excluding hydrogens is 553 g/mol. The van der Waals surface area contributed by atoms with Crippen molar-refractivity contribution in [2.24, 2.45) is 0 Å². The number of fused-ring (bicyclic) bond motifs is 1. The second-order valence-electron chi connectivity index (χ2n) is 7.32. The lowest BCUT2D eigenvalue weighted by molar-refractivity contribution is -0.0500. The van der Waals surface area contributed by atoms with Gasteiger partial charge in [0.1, 0.15) is 41.9 Å². The molecule has 0 saturated carbocycles. The summed E-state index contributed by atoms with van der Waals surface area (Å²) in [6, 6.07) is 3.26. The van der Waals surface area contributed by atoms with Gasteiger partial charge in [-0.3, -0.25) is 4.52 Å². The standard InChI is InChI=1S/C15H19N4O14P3/c16-13-10-7(8-2-1-3-29-8)4-19(14(10)18-6-17-13)15-12(21)11(20)9(31-15)5-30-35(25,26)33-36(27,28)32-34(22,23)24/h1-4,6,9,11-12,15,20-21H,5H2,(H,25,26)(H,27,28)(H2,16,17,18)(H2,22,23,24)/t9-,11-,12-,15-/m1/s1. The van der Waals surface area contributed by atoms with Crippen molar-refractivity contribution in [1.29, 1.82) is 0 Å². The number of furan rings is 1. The van der Waals surface area contributed by atoms with Crippen LogP contribution in [0.5, 0.6) is 0 Å². The molecule has 36 heavy (non-hydrogen) atoms. The second kappa shape index (κ2) is 9.70. The molecule has 0 bridgehead atoms. The first-order chi connectivity index (χ1) is 16.7. The zero-order valence-corrected chi connectivity index (χ0v) is 20.3. The van der Waals surface area contributed by atoms with E-state index in [1.165, 1.54) is 17.0 Å². The van der Waals surface area contributed by atoms with Crippen molar-refractivity contribution in [1.82, 2.24) is 14.5 Å². The van der Waals surface area contributed by atoms with Gasteiger partial charge >= 0.3 is 23.5 Å². The fourth-order valence-electron chi connectivity index (χ4n) is 3.49. The van der Waals surface area contributed by atoms with E-state index in [-0.39, 0.29) is 11.5 Å². The van der Waals surface area contributed by atoms with Crippen LogP contribution in [0.4, 0.5) is 5.82 Å². The third-order valence-electron chi connectivity index (χ3n) is 4.85. The number of hydrogen-bond donors (Lipinski definition) is 7. The molecule has 198 valence electrons. The first-order valence-electron chi connectivity index (χ1n) is 9.62. The minimum atomic E-state index is -5.73. The molecule has 1 fully saturated rings. The fraction of sp³-hybridized carbons (Fsp3) is 0.333. The fourth-order valence-corrected chi connectivity index (χ4v) is 6.52. The molecule has 4 rings (SSSR count). The maximum atomic E-state index is 12.0. The lowest BCUT2D eigenvalue weighted by Gasteiger charge is -2.19. The third-order valence-corrected chi connectivity index (χ3v) is 8.66. The van der Waals surface area contributed by atoms with Gasteiger partial charge in [0.25, 0.3) is 0 Å². The molecule has 0 aromatic carbocycles. The Labute approximate surface area is 200 Å². The van der Waals surface area contributed by atoms with Crippen molar-refractivity contribution in [3.63, 3.8) is 0 Å². The largest absolute Gasteiger partial charge is 0.490 e. The number of phosphoric ester groups is 1. The van der Waals surface area contributed by atoms with Crippen LogP contribution in [0, 0.1) is 0 Å². The van der Waals surface area contributed by atoms with Crippen LogP contribution < -0.4 is 5.73 Å². The Kier molecular flexibility index (Phi) is 7.29. The molecule has 1 saturated heterocycles. The highest BCUT2D eigenvalue weighted by Crippen LogP contribution is 2.66. The topological polar surface area (TPSA) is 279 Å².